The van der Waals surface area contributed by atoms with Gasteiger partial charge in [0.2, 0.25) is 0 Å². The van der Waals surface area contributed by atoms with Crippen LogP contribution >= 0.6 is 15.9 Å². The van der Waals surface area contributed by atoms with Crippen LogP contribution in [0.3, 0.4) is 0 Å². The summed E-state index contributed by atoms with van der Waals surface area (Å²) < 4.78 is 8.93. The molecule has 1 fully saturated rings. The van der Waals surface area contributed by atoms with Crippen molar-refractivity contribution in [3.63, 3.8) is 0 Å². The molecule has 1 aliphatic rings. The molecule has 1 atom stereocenters. The fourth-order valence-corrected chi connectivity index (χ4v) is 2.75. The molecule has 2 aromatic rings. The molecule has 17 heavy (non-hydrogen) atoms. The van der Waals surface area contributed by atoms with E-state index >= 15 is 0 Å². The zero-order valence-corrected chi connectivity index (χ0v) is 11.4. The first-order valence-corrected chi connectivity index (χ1v) is 6.81. The molecule has 0 N–H and O–H groups in total. The molecule has 0 bridgehead atoms. The Kier molecular flexibility index (Phi) is 2.92. The molecule has 0 aliphatic carbocycles. The Hall–Kier alpha value is -0.870. The molecular weight excluding hydrogens is 280 g/mol. The topological polar surface area (TPSA) is 27.1 Å². The van der Waals surface area contributed by atoms with E-state index in [-0.39, 0.29) is 6.23 Å². The van der Waals surface area contributed by atoms with E-state index in [1.807, 2.05) is 4.68 Å². The van der Waals surface area contributed by atoms with Crippen LogP contribution in [0.4, 0.5) is 0 Å². The molecule has 90 valence electrons. The predicted molar refractivity (Wildman–Crippen MR) is 71.0 cm³/mol. The van der Waals surface area contributed by atoms with Crippen molar-refractivity contribution >= 4 is 26.8 Å². The number of halogens is 1. The molecule has 1 aliphatic heterocycles. The van der Waals surface area contributed by atoms with Gasteiger partial charge in [-0.2, -0.15) is 5.10 Å². The molecule has 3 nitrogen and oxygen atoms in total. The van der Waals surface area contributed by atoms with Crippen LogP contribution in [0.15, 0.2) is 22.7 Å². The maximum Gasteiger partial charge on any atom is 0.150 e. The van der Waals surface area contributed by atoms with Gasteiger partial charge in [-0.15, -0.1) is 0 Å². The summed E-state index contributed by atoms with van der Waals surface area (Å²) in [4.78, 5) is 0. The van der Waals surface area contributed by atoms with E-state index in [4.69, 9.17) is 4.74 Å². The third-order valence-electron chi connectivity index (χ3n) is 3.28. The Morgan fingerprint density at radius 2 is 2.29 bits per heavy atom. The highest BCUT2D eigenvalue weighted by molar-refractivity contribution is 9.10. The van der Waals surface area contributed by atoms with Crippen molar-refractivity contribution in [1.29, 1.82) is 0 Å². The highest BCUT2D eigenvalue weighted by Gasteiger charge is 2.19. The van der Waals surface area contributed by atoms with Crippen LogP contribution in [0.1, 0.15) is 31.2 Å². The first-order chi connectivity index (χ1) is 8.25. The van der Waals surface area contributed by atoms with E-state index < -0.39 is 0 Å². The lowest BCUT2D eigenvalue weighted by Gasteiger charge is -2.23. The molecule has 2 heterocycles. The Labute approximate surface area is 109 Å². The highest BCUT2D eigenvalue weighted by atomic mass is 79.9. The average Bonchev–Trinajstić information content (AvgIpc) is 2.67. The molecular formula is C13H15BrN2O. The Bertz CT molecular complexity index is 544. The van der Waals surface area contributed by atoms with Crippen LogP contribution in [0.5, 0.6) is 0 Å². The first-order valence-electron chi connectivity index (χ1n) is 6.02. The molecule has 1 aromatic heterocycles. The minimum atomic E-state index is 0.106. The number of aromatic nitrogens is 2. The van der Waals surface area contributed by atoms with Gasteiger partial charge in [-0.3, -0.25) is 0 Å². The number of nitrogens with zero attached hydrogens (tertiary/aromatic N) is 2. The normalized spacial score (nSPS) is 20.9. The third-order valence-corrected chi connectivity index (χ3v) is 3.78. The monoisotopic (exact) mass is 294 g/mol. The second kappa shape index (κ2) is 4.42. The molecule has 3 rings (SSSR count). The first kappa shape index (κ1) is 11.2. The van der Waals surface area contributed by atoms with Gasteiger partial charge in [0.25, 0.3) is 0 Å². The van der Waals surface area contributed by atoms with E-state index in [1.165, 1.54) is 18.2 Å². The van der Waals surface area contributed by atoms with E-state index in [0.29, 0.717) is 0 Å². The zero-order chi connectivity index (χ0) is 11.8. The number of hydrogen-bond donors (Lipinski definition) is 0. The van der Waals surface area contributed by atoms with Crippen LogP contribution in [0.2, 0.25) is 0 Å². The maximum absolute atomic E-state index is 5.81. The molecule has 4 heteroatoms. The third kappa shape index (κ3) is 2.00. The zero-order valence-electron chi connectivity index (χ0n) is 9.82. The van der Waals surface area contributed by atoms with Crippen LogP contribution < -0.4 is 0 Å². The quantitative estimate of drug-likeness (QED) is 0.800. The number of hydrogen-bond acceptors (Lipinski definition) is 2. The summed E-state index contributed by atoms with van der Waals surface area (Å²) in [5.41, 5.74) is 2.23. The number of rotatable bonds is 1. The Morgan fingerprint density at radius 1 is 1.41 bits per heavy atom. The van der Waals surface area contributed by atoms with Gasteiger partial charge in [-0.1, -0.05) is 15.9 Å². The van der Waals surface area contributed by atoms with Gasteiger partial charge in [0.15, 0.2) is 6.23 Å². The summed E-state index contributed by atoms with van der Waals surface area (Å²) in [5, 5.41) is 5.84. The van der Waals surface area contributed by atoms with Gasteiger partial charge in [-0.25, -0.2) is 4.68 Å². The lowest BCUT2D eigenvalue weighted by molar-refractivity contribution is -0.0368. The van der Waals surface area contributed by atoms with Crippen molar-refractivity contribution in [3.05, 3.63) is 28.4 Å². The molecule has 0 saturated carbocycles. The lowest BCUT2D eigenvalue weighted by atomic mass is 10.2. The Balaban J connectivity index is 2.11. The van der Waals surface area contributed by atoms with Gasteiger partial charge in [-0.05, 0) is 44.4 Å². The van der Waals surface area contributed by atoms with Gasteiger partial charge in [0, 0.05) is 16.5 Å². The van der Waals surface area contributed by atoms with Gasteiger partial charge < -0.3 is 4.74 Å². The smallest absolute Gasteiger partial charge is 0.150 e. The molecule has 0 unspecified atom stereocenters. The van der Waals surface area contributed by atoms with Crippen molar-refractivity contribution in [1.82, 2.24) is 9.78 Å². The van der Waals surface area contributed by atoms with Crippen LogP contribution in [0.25, 0.3) is 10.9 Å². The summed E-state index contributed by atoms with van der Waals surface area (Å²) in [5.74, 6) is 0. The molecule has 0 spiro atoms. The van der Waals surface area contributed by atoms with Gasteiger partial charge in [0.05, 0.1) is 11.2 Å². The van der Waals surface area contributed by atoms with Crippen LogP contribution in [-0.4, -0.2) is 16.4 Å². The second-order valence-corrected chi connectivity index (χ2v) is 5.43. The highest BCUT2D eigenvalue weighted by Crippen LogP contribution is 2.29. The lowest BCUT2D eigenvalue weighted by Crippen LogP contribution is -2.19. The van der Waals surface area contributed by atoms with E-state index in [9.17, 15) is 0 Å². The largest absolute Gasteiger partial charge is 0.356 e. The minimum absolute atomic E-state index is 0.106. The molecule has 1 aromatic carbocycles. The summed E-state index contributed by atoms with van der Waals surface area (Å²) in [7, 11) is 0. The average molecular weight is 295 g/mol. The minimum Gasteiger partial charge on any atom is -0.356 e. The maximum atomic E-state index is 5.81. The van der Waals surface area contributed by atoms with Crippen molar-refractivity contribution in [2.75, 3.05) is 6.61 Å². The van der Waals surface area contributed by atoms with Crippen LogP contribution in [0, 0.1) is 6.92 Å². The van der Waals surface area contributed by atoms with E-state index in [0.717, 1.165) is 28.7 Å². The van der Waals surface area contributed by atoms with E-state index in [1.54, 1.807) is 0 Å². The number of ether oxygens (including phenoxy) is 1. The predicted octanol–water partition coefficient (Wildman–Crippen LogP) is 3.81. The molecule has 0 amide bonds. The Morgan fingerprint density at radius 3 is 3.06 bits per heavy atom. The summed E-state index contributed by atoms with van der Waals surface area (Å²) in [6.07, 6.45) is 3.55. The fourth-order valence-electron chi connectivity index (χ4n) is 2.41. The second-order valence-electron chi connectivity index (χ2n) is 4.51. The molecule has 1 saturated heterocycles. The number of aryl methyl sites for hydroxylation is 1. The summed E-state index contributed by atoms with van der Waals surface area (Å²) in [6, 6.07) is 6.29. The SMILES string of the molecule is Cc1nn([C@@H]2CCCCO2)c2cc(Br)ccc12. The molecule has 0 radical (unpaired) electrons. The summed E-state index contributed by atoms with van der Waals surface area (Å²) in [6.45, 7) is 2.90. The van der Waals surface area contributed by atoms with Crippen LogP contribution in [-0.2, 0) is 4.74 Å². The van der Waals surface area contributed by atoms with Crippen molar-refractivity contribution in [3.8, 4) is 0 Å². The number of fused-ring (bicyclic) bond motifs is 1. The van der Waals surface area contributed by atoms with Crippen molar-refractivity contribution in [2.24, 2.45) is 0 Å². The van der Waals surface area contributed by atoms with E-state index in [2.05, 4.69) is 46.2 Å². The van der Waals surface area contributed by atoms with Crippen molar-refractivity contribution in [2.45, 2.75) is 32.4 Å². The summed E-state index contributed by atoms with van der Waals surface area (Å²) >= 11 is 3.52. The standard InChI is InChI=1S/C13H15BrN2O/c1-9-11-6-5-10(14)8-12(11)16(15-9)13-4-2-3-7-17-13/h5-6,8,13H,2-4,7H2,1H3/t13-/m0/s1. The van der Waals surface area contributed by atoms with Crippen molar-refractivity contribution < 1.29 is 4.74 Å². The van der Waals surface area contributed by atoms with Gasteiger partial charge >= 0.3 is 0 Å². The number of benzene rings is 1. The van der Waals surface area contributed by atoms with Gasteiger partial charge in [0.1, 0.15) is 0 Å². The fraction of sp³-hybridized carbons (Fsp3) is 0.462.